The first-order valence-electron chi connectivity index (χ1n) is 4.90. The summed E-state index contributed by atoms with van der Waals surface area (Å²) in [5.41, 5.74) is 1.03. The minimum atomic E-state index is -0.273. The first-order chi connectivity index (χ1) is 7.21. The number of hydrogen-bond donors (Lipinski definition) is 0. The molecule has 88 valence electrons. The fourth-order valence-electron chi connectivity index (χ4n) is 1.36. The molecule has 0 aromatic heterocycles. The maximum atomic E-state index is 11.1. The van der Waals surface area contributed by atoms with E-state index < -0.39 is 0 Å². The van der Waals surface area contributed by atoms with E-state index in [1.165, 1.54) is 6.92 Å². The van der Waals surface area contributed by atoms with Crippen molar-refractivity contribution in [1.82, 2.24) is 0 Å². The van der Waals surface area contributed by atoms with Crippen molar-refractivity contribution in [3.63, 3.8) is 0 Å². The highest BCUT2D eigenvalue weighted by atomic mass is 127. The molecule has 0 radical (unpaired) electrons. The number of halogens is 2. The van der Waals surface area contributed by atoms with Crippen LogP contribution in [0.3, 0.4) is 0 Å². The Balaban J connectivity index is 3.38. The van der Waals surface area contributed by atoms with E-state index in [1.807, 2.05) is 6.07 Å². The Bertz CT molecular complexity index is 420. The van der Waals surface area contributed by atoms with Crippen LogP contribution in [0.1, 0.15) is 33.3 Å². The Morgan fingerprint density at radius 2 is 1.81 bits per heavy atom. The second-order valence-electron chi connectivity index (χ2n) is 4.61. The topological polar surface area (TPSA) is 26.3 Å². The van der Waals surface area contributed by atoms with Gasteiger partial charge in [0.05, 0.1) is 3.57 Å². The molecule has 1 aromatic rings. The van der Waals surface area contributed by atoms with Crippen LogP contribution in [-0.2, 0) is 10.2 Å². The third-order valence-corrected chi connectivity index (χ3v) is 3.49. The first-order valence-corrected chi connectivity index (χ1v) is 7.05. The lowest BCUT2D eigenvalue weighted by Gasteiger charge is -2.23. The van der Waals surface area contributed by atoms with Crippen LogP contribution in [-0.4, -0.2) is 5.97 Å². The normalized spacial score (nSPS) is 11.4. The van der Waals surface area contributed by atoms with E-state index in [1.54, 1.807) is 0 Å². The zero-order valence-electron chi connectivity index (χ0n) is 9.73. The number of hydrogen-bond acceptors (Lipinski definition) is 2. The summed E-state index contributed by atoms with van der Waals surface area (Å²) < 4.78 is 7.44. The van der Waals surface area contributed by atoms with E-state index in [-0.39, 0.29) is 11.4 Å². The highest BCUT2D eigenvalue weighted by Crippen LogP contribution is 2.36. The summed E-state index contributed by atoms with van der Waals surface area (Å²) in [4.78, 5) is 11.1. The summed E-state index contributed by atoms with van der Waals surface area (Å²) in [5.74, 6) is 0.422. The average molecular weight is 444 g/mol. The van der Waals surface area contributed by atoms with Crippen LogP contribution in [0, 0.1) is 7.14 Å². The third-order valence-electron chi connectivity index (χ3n) is 2.06. The maximum Gasteiger partial charge on any atom is 0.308 e. The predicted molar refractivity (Wildman–Crippen MR) is 81.9 cm³/mol. The quantitative estimate of drug-likeness (QED) is 0.371. The van der Waals surface area contributed by atoms with Gasteiger partial charge in [0, 0.05) is 16.1 Å². The van der Waals surface area contributed by atoms with Crippen molar-refractivity contribution < 1.29 is 9.53 Å². The molecule has 4 heteroatoms. The Morgan fingerprint density at radius 1 is 1.25 bits per heavy atom. The van der Waals surface area contributed by atoms with Crippen LogP contribution in [0.15, 0.2) is 12.1 Å². The largest absolute Gasteiger partial charge is 0.425 e. The minimum Gasteiger partial charge on any atom is -0.425 e. The zero-order chi connectivity index (χ0) is 12.5. The molecule has 1 aromatic carbocycles. The van der Waals surface area contributed by atoms with E-state index in [0.717, 1.165) is 12.7 Å². The summed E-state index contributed by atoms with van der Waals surface area (Å²) in [6.45, 7) is 7.77. The van der Waals surface area contributed by atoms with Gasteiger partial charge >= 0.3 is 5.97 Å². The lowest BCUT2D eigenvalue weighted by molar-refractivity contribution is -0.132. The molecule has 0 aliphatic carbocycles. The van der Waals surface area contributed by atoms with E-state index >= 15 is 0 Å². The molecule has 2 nitrogen and oxygen atoms in total. The zero-order valence-corrected chi connectivity index (χ0v) is 14.0. The van der Waals surface area contributed by atoms with Gasteiger partial charge in [0.25, 0.3) is 0 Å². The average Bonchev–Trinajstić information content (AvgIpc) is 2.06. The molecule has 0 aliphatic heterocycles. The third kappa shape index (κ3) is 3.58. The van der Waals surface area contributed by atoms with Gasteiger partial charge in [-0.15, -0.1) is 0 Å². The van der Waals surface area contributed by atoms with Gasteiger partial charge in [0.2, 0.25) is 0 Å². The number of carbonyl (C=O) groups is 1. The Morgan fingerprint density at radius 3 is 2.25 bits per heavy atom. The van der Waals surface area contributed by atoms with Crippen molar-refractivity contribution >= 4 is 51.2 Å². The molecule has 0 bridgehead atoms. The standard InChI is InChI=1S/C12H14I2O2/c1-7(15)16-11-9(12(2,3)4)5-8(13)6-10(11)14/h5-6H,1-4H3. The van der Waals surface area contributed by atoms with E-state index in [2.05, 4.69) is 72.0 Å². The number of rotatable bonds is 1. The summed E-state index contributed by atoms with van der Waals surface area (Å²) >= 11 is 4.48. The highest BCUT2D eigenvalue weighted by molar-refractivity contribution is 14.1. The molecule has 1 rings (SSSR count). The fraction of sp³-hybridized carbons (Fsp3) is 0.417. The van der Waals surface area contributed by atoms with E-state index in [0.29, 0.717) is 5.75 Å². The second kappa shape index (κ2) is 5.20. The molecular weight excluding hydrogens is 430 g/mol. The van der Waals surface area contributed by atoms with Gasteiger partial charge in [0.1, 0.15) is 5.75 Å². The monoisotopic (exact) mass is 444 g/mol. The predicted octanol–water partition coefficient (Wildman–Crippen LogP) is 4.12. The van der Waals surface area contributed by atoms with Crippen LogP contribution in [0.2, 0.25) is 0 Å². The molecular formula is C12H14I2O2. The van der Waals surface area contributed by atoms with Gasteiger partial charge in [-0.1, -0.05) is 20.8 Å². The van der Waals surface area contributed by atoms with Crippen LogP contribution in [0.4, 0.5) is 0 Å². The second-order valence-corrected chi connectivity index (χ2v) is 7.02. The van der Waals surface area contributed by atoms with Crippen molar-refractivity contribution in [2.45, 2.75) is 33.1 Å². The van der Waals surface area contributed by atoms with Crippen LogP contribution < -0.4 is 4.74 Å². The SMILES string of the molecule is CC(=O)Oc1c(I)cc(I)cc1C(C)(C)C. The van der Waals surface area contributed by atoms with Gasteiger partial charge in [-0.05, 0) is 62.7 Å². The highest BCUT2D eigenvalue weighted by Gasteiger charge is 2.22. The Hall–Kier alpha value is 0.150. The minimum absolute atomic E-state index is 0.0358. The van der Waals surface area contributed by atoms with Crippen molar-refractivity contribution in [2.75, 3.05) is 0 Å². The van der Waals surface area contributed by atoms with Crippen molar-refractivity contribution in [3.8, 4) is 5.75 Å². The van der Waals surface area contributed by atoms with Crippen LogP contribution in [0.25, 0.3) is 0 Å². The maximum absolute atomic E-state index is 11.1. The molecule has 0 saturated heterocycles. The molecule has 0 unspecified atom stereocenters. The molecule has 0 spiro atoms. The lowest BCUT2D eigenvalue weighted by atomic mass is 9.86. The fourth-order valence-corrected chi connectivity index (χ4v) is 3.32. The summed E-state index contributed by atoms with van der Waals surface area (Å²) in [7, 11) is 0. The molecule has 0 saturated carbocycles. The summed E-state index contributed by atoms with van der Waals surface area (Å²) in [5, 5.41) is 0. The number of esters is 1. The summed E-state index contributed by atoms with van der Waals surface area (Å²) in [6, 6.07) is 4.08. The van der Waals surface area contributed by atoms with Crippen LogP contribution in [0.5, 0.6) is 5.75 Å². The molecule has 0 heterocycles. The summed E-state index contributed by atoms with van der Waals surface area (Å²) in [6.07, 6.45) is 0. The molecule has 0 fully saturated rings. The van der Waals surface area contributed by atoms with Gasteiger partial charge in [0.15, 0.2) is 0 Å². The number of benzene rings is 1. The van der Waals surface area contributed by atoms with Crippen molar-refractivity contribution in [3.05, 3.63) is 24.8 Å². The van der Waals surface area contributed by atoms with Crippen molar-refractivity contribution in [2.24, 2.45) is 0 Å². The lowest BCUT2D eigenvalue weighted by Crippen LogP contribution is -2.16. The molecule has 0 N–H and O–H groups in total. The smallest absolute Gasteiger partial charge is 0.308 e. The Kier molecular flexibility index (Phi) is 4.62. The van der Waals surface area contributed by atoms with Gasteiger partial charge in [-0.3, -0.25) is 4.79 Å². The van der Waals surface area contributed by atoms with Crippen LogP contribution >= 0.6 is 45.2 Å². The van der Waals surface area contributed by atoms with E-state index in [9.17, 15) is 4.79 Å². The molecule has 16 heavy (non-hydrogen) atoms. The Labute approximate surface area is 123 Å². The number of carbonyl (C=O) groups excluding carboxylic acids is 1. The van der Waals surface area contributed by atoms with Gasteiger partial charge < -0.3 is 4.74 Å². The molecule has 0 atom stereocenters. The molecule has 0 aliphatic rings. The number of ether oxygens (including phenoxy) is 1. The van der Waals surface area contributed by atoms with E-state index in [4.69, 9.17) is 4.74 Å². The van der Waals surface area contributed by atoms with Gasteiger partial charge in [-0.2, -0.15) is 0 Å². The van der Waals surface area contributed by atoms with Gasteiger partial charge in [-0.25, -0.2) is 0 Å². The first kappa shape index (κ1) is 14.2. The van der Waals surface area contributed by atoms with Crippen molar-refractivity contribution in [1.29, 1.82) is 0 Å². The molecule has 0 amide bonds.